The lowest BCUT2D eigenvalue weighted by Gasteiger charge is -2.00. The molecule has 2 aromatic carbocycles. The molecule has 0 fully saturated rings. The molecule has 0 saturated carbocycles. The van der Waals surface area contributed by atoms with Crippen LogP contribution in [0.25, 0.3) is 33.2 Å². The lowest BCUT2D eigenvalue weighted by atomic mass is 10.0. The van der Waals surface area contributed by atoms with Crippen LogP contribution in [0.2, 0.25) is 0 Å². The highest BCUT2D eigenvalue weighted by molar-refractivity contribution is 6.07. The molecule has 0 saturated heterocycles. The van der Waals surface area contributed by atoms with E-state index in [2.05, 4.69) is 30.1 Å². The highest BCUT2D eigenvalue weighted by atomic mass is 16.3. The lowest BCUT2D eigenvalue weighted by molar-refractivity contribution is 0.669. The Balaban J connectivity index is 2.06. The molecule has 0 aliphatic carbocycles. The van der Waals surface area contributed by atoms with Crippen molar-refractivity contribution < 1.29 is 4.42 Å². The Morgan fingerprint density at radius 2 is 1.85 bits per heavy atom. The Kier molecular flexibility index (Phi) is 2.36. The molecule has 20 heavy (non-hydrogen) atoms. The van der Waals surface area contributed by atoms with Crippen molar-refractivity contribution in [1.82, 2.24) is 4.98 Å². The molecule has 2 heteroatoms. The molecule has 0 radical (unpaired) electrons. The summed E-state index contributed by atoms with van der Waals surface area (Å²) in [6.45, 7) is 2.12. The Bertz CT molecular complexity index is 907. The number of rotatable bonds is 1. The van der Waals surface area contributed by atoms with Gasteiger partial charge in [0.15, 0.2) is 0 Å². The van der Waals surface area contributed by atoms with Gasteiger partial charge >= 0.3 is 0 Å². The molecule has 0 N–H and O–H groups in total. The Labute approximate surface area is 116 Å². The molecule has 0 atom stereocenters. The first kappa shape index (κ1) is 11.2. The predicted octanol–water partition coefficient (Wildman–Crippen LogP) is 4.96. The fraction of sp³-hybridized carbons (Fsp3) is 0.0556. The maximum absolute atomic E-state index is 5.90. The number of furan rings is 1. The largest absolute Gasteiger partial charge is 0.456 e. The summed E-state index contributed by atoms with van der Waals surface area (Å²) >= 11 is 0. The van der Waals surface area contributed by atoms with Gasteiger partial charge in [0, 0.05) is 22.5 Å². The van der Waals surface area contributed by atoms with Crippen molar-refractivity contribution >= 4 is 21.9 Å². The maximum Gasteiger partial charge on any atom is 0.135 e. The van der Waals surface area contributed by atoms with Gasteiger partial charge in [-0.15, -0.1) is 0 Å². The first-order chi connectivity index (χ1) is 9.83. The van der Waals surface area contributed by atoms with Crippen molar-refractivity contribution in [2.45, 2.75) is 6.92 Å². The zero-order valence-electron chi connectivity index (χ0n) is 11.1. The topological polar surface area (TPSA) is 26.0 Å². The Morgan fingerprint density at radius 1 is 0.900 bits per heavy atom. The van der Waals surface area contributed by atoms with E-state index in [9.17, 15) is 0 Å². The van der Waals surface area contributed by atoms with Gasteiger partial charge in [-0.2, -0.15) is 0 Å². The van der Waals surface area contributed by atoms with Crippen LogP contribution in [-0.4, -0.2) is 4.98 Å². The van der Waals surface area contributed by atoms with E-state index in [4.69, 9.17) is 4.42 Å². The van der Waals surface area contributed by atoms with E-state index in [-0.39, 0.29) is 0 Å². The number of nitrogens with zero attached hydrogens (tertiary/aromatic N) is 1. The van der Waals surface area contributed by atoms with E-state index in [0.717, 1.165) is 27.8 Å². The van der Waals surface area contributed by atoms with Crippen molar-refractivity contribution in [3.8, 4) is 11.3 Å². The molecule has 2 heterocycles. The van der Waals surface area contributed by atoms with Crippen LogP contribution in [0.3, 0.4) is 0 Å². The van der Waals surface area contributed by atoms with Crippen LogP contribution in [0, 0.1) is 6.92 Å². The molecule has 4 rings (SSSR count). The van der Waals surface area contributed by atoms with E-state index >= 15 is 0 Å². The summed E-state index contributed by atoms with van der Waals surface area (Å²) in [6, 6.07) is 18.4. The standard InChI is InChI=1S/C18H13NO/c1-12-5-4-7-17-18(12)14-11-13(8-9-16(14)20-17)15-6-2-3-10-19-15/h2-11H,1H3. The number of hydrogen-bond donors (Lipinski definition) is 0. The monoisotopic (exact) mass is 259 g/mol. The summed E-state index contributed by atoms with van der Waals surface area (Å²) in [4.78, 5) is 4.41. The summed E-state index contributed by atoms with van der Waals surface area (Å²) < 4.78 is 5.90. The molecule has 0 aliphatic heterocycles. The molecule has 4 aromatic rings. The van der Waals surface area contributed by atoms with Crippen LogP contribution in [0.4, 0.5) is 0 Å². The van der Waals surface area contributed by atoms with Crippen LogP contribution in [0.1, 0.15) is 5.56 Å². The summed E-state index contributed by atoms with van der Waals surface area (Å²) in [6.07, 6.45) is 1.82. The fourth-order valence-electron chi connectivity index (χ4n) is 2.70. The molecule has 2 aromatic heterocycles. The quantitative estimate of drug-likeness (QED) is 0.483. The predicted molar refractivity (Wildman–Crippen MR) is 81.7 cm³/mol. The summed E-state index contributed by atoms with van der Waals surface area (Å²) in [5, 5.41) is 2.35. The van der Waals surface area contributed by atoms with Crippen LogP contribution in [0.5, 0.6) is 0 Å². The smallest absolute Gasteiger partial charge is 0.135 e. The third kappa shape index (κ3) is 1.62. The summed E-state index contributed by atoms with van der Waals surface area (Å²) in [5.41, 5.74) is 5.20. The zero-order valence-corrected chi connectivity index (χ0v) is 11.1. The van der Waals surface area contributed by atoms with Gasteiger partial charge in [0.1, 0.15) is 11.2 Å². The van der Waals surface area contributed by atoms with Crippen molar-refractivity contribution in [3.05, 3.63) is 66.4 Å². The third-order valence-electron chi connectivity index (χ3n) is 3.66. The lowest BCUT2D eigenvalue weighted by Crippen LogP contribution is -1.81. The number of aromatic nitrogens is 1. The minimum absolute atomic E-state index is 0.925. The van der Waals surface area contributed by atoms with Crippen LogP contribution in [-0.2, 0) is 0 Å². The van der Waals surface area contributed by atoms with Gasteiger partial charge in [-0.05, 0) is 48.9 Å². The minimum atomic E-state index is 0.925. The third-order valence-corrected chi connectivity index (χ3v) is 3.66. The van der Waals surface area contributed by atoms with Gasteiger partial charge in [-0.1, -0.05) is 18.2 Å². The Morgan fingerprint density at radius 3 is 2.70 bits per heavy atom. The average molecular weight is 259 g/mol. The second-order valence-corrected chi connectivity index (χ2v) is 4.98. The molecular formula is C18H13NO. The van der Waals surface area contributed by atoms with Crippen LogP contribution in [0.15, 0.2) is 65.2 Å². The molecule has 96 valence electrons. The van der Waals surface area contributed by atoms with Crippen LogP contribution >= 0.6 is 0 Å². The second kappa shape index (κ2) is 4.20. The fourth-order valence-corrected chi connectivity index (χ4v) is 2.70. The SMILES string of the molecule is Cc1cccc2oc3ccc(-c4ccccn4)cc3c12. The highest BCUT2D eigenvalue weighted by Gasteiger charge is 2.10. The van der Waals surface area contributed by atoms with Gasteiger partial charge in [0.25, 0.3) is 0 Å². The first-order valence-corrected chi connectivity index (χ1v) is 6.66. The van der Waals surface area contributed by atoms with Gasteiger partial charge in [0.2, 0.25) is 0 Å². The van der Waals surface area contributed by atoms with E-state index in [1.165, 1.54) is 10.9 Å². The normalized spacial score (nSPS) is 11.2. The zero-order chi connectivity index (χ0) is 13.5. The van der Waals surface area contributed by atoms with E-state index < -0.39 is 0 Å². The number of benzene rings is 2. The average Bonchev–Trinajstić information content (AvgIpc) is 2.87. The molecule has 0 aliphatic rings. The first-order valence-electron chi connectivity index (χ1n) is 6.66. The number of fused-ring (bicyclic) bond motifs is 3. The van der Waals surface area contributed by atoms with Crippen molar-refractivity contribution in [2.24, 2.45) is 0 Å². The molecule has 0 spiro atoms. The van der Waals surface area contributed by atoms with Crippen molar-refractivity contribution in [2.75, 3.05) is 0 Å². The second-order valence-electron chi connectivity index (χ2n) is 4.98. The molecule has 0 bridgehead atoms. The van der Waals surface area contributed by atoms with E-state index in [1.54, 1.807) is 0 Å². The Hall–Kier alpha value is -2.61. The van der Waals surface area contributed by atoms with E-state index in [0.29, 0.717) is 0 Å². The van der Waals surface area contributed by atoms with Gasteiger partial charge in [-0.3, -0.25) is 4.98 Å². The molecule has 2 nitrogen and oxygen atoms in total. The van der Waals surface area contributed by atoms with Gasteiger partial charge in [0.05, 0.1) is 5.69 Å². The summed E-state index contributed by atoms with van der Waals surface area (Å²) in [7, 11) is 0. The van der Waals surface area contributed by atoms with Gasteiger partial charge in [-0.25, -0.2) is 0 Å². The van der Waals surface area contributed by atoms with Crippen molar-refractivity contribution in [3.63, 3.8) is 0 Å². The number of hydrogen-bond acceptors (Lipinski definition) is 2. The summed E-state index contributed by atoms with van der Waals surface area (Å²) in [5.74, 6) is 0. The number of pyridine rings is 1. The number of aryl methyl sites for hydroxylation is 1. The molecule has 0 unspecified atom stereocenters. The van der Waals surface area contributed by atoms with Crippen LogP contribution < -0.4 is 0 Å². The molecular weight excluding hydrogens is 246 g/mol. The van der Waals surface area contributed by atoms with E-state index in [1.807, 2.05) is 42.6 Å². The molecule has 0 amide bonds. The van der Waals surface area contributed by atoms with Gasteiger partial charge < -0.3 is 4.42 Å². The highest BCUT2D eigenvalue weighted by Crippen LogP contribution is 2.33. The van der Waals surface area contributed by atoms with Crippen molar-refractivity contribution in [1.29, 1.82) is 0 Å². The maximum atomic E-state index is 5.90. The minimum Gasteiger partial charge on any atom is -0.456 e.